The van der Waals surface area contributed by atoms with Gasteiger partial charge in [-0.05, 0) is 50.0 Å². The van der Waals surface area contributed by atoms with Crippen molar-refractivity contribution in [3.8, 4) is 0 Å². The van der Waals surface area contributed by atoms with Crippen molar-refractivity contribution in [3.05, 3.63) is 78.7 Å². The first kappa shape index (κ1) is 13.3. The van der Waals surface area contributed by atoms with Crippen LogP contribution in [-0.2, 0) is 4.79 Å². The second kappa shape index (κ2) is 5.76. The Bertz CT molecular complexity index is 672. The normalized spacial score (nSPS) is 16.2. The van der Waals surface area contributed by atoms with E-state index in [2.05, 4.69) is 4.98 Å². The van der Waals surface area contributed by atoms with E-state index >= 15 is 0 Å². The van der Waals surface area contributed by atoms with Crippen LogP contribution in [0.4, 0.5) is 0 Å². The van der Waals surface area contributed by atoms with Gasteiger partial charge in [-0.1, -0.05) is 29.8 Å². The number of halogens is 1. The summed E-state index contributed by atoms with van der Waals surface area (Å²) in [7, 11) is 0. The zero-order valence-electron chi connectivity index (χ0n) is 10.6. The summed E-state index contributed by atoms with van der Waals surface area (Å²) in [6.07, 6.45) is 10.5. The second-order valence-electron chi connectivity index (χ2n) is 4.43. The van der Waals surface area contributed by atoms with Crippen LogP contribution in [-0.4, -0.2) is 10.8 Å². The van der Waals surface area contributed by atoms with Gasteiger partial charge in [0.05, 0.1) is 11.4 Å². The number of para-hydroxylation sites is 1. The van der Waals surface area contributed by atoms with Crippen LogP contribution < -0.4 is 0 Å². The third-order valence-electron chi connectivity index (χ3n) is 3.07. The van der Waals surface area contributed by atoms with E-state index in [1.165, 1.54) is 6.08 Å². The van der Waals surface area contributed by atoms with Gasteiger partial charge in [-0.15, -0.1) is 0 Å². The van der Waals surface area contributed by atoms with Crippen LogP contribution in [0.25, 0.3) is 17.0 Å². The number of benzene rings is 1. The molecule has 0 saturated heterocycles. The van der Waals surface area contributed by atoms with Gasteiger partial charge in [0.25, 0.3) is 0 Å². The summed E-state index contributed by atoms with van der Waals surface area (Å²) in [5.74, 6) is 0.630. The molecule has 0 N–H and O–H groups in total. The van der Waals surface area contributed by atoms with Crippen LogP contribution in [0.15, 0.2) is 36.4 Å². The number of carbonyl (C=O) groups excluding carboxylic acids is 1. The number of rotatable bonds is 3. The zero-order valence-corrected chi connectivity index (χ0v) is 11.3. The fourth-order valence-corrected chi connectivity index (χ4v) is 2.23. The summed E-state index contributed by atoms with van der Waals surface area (Å²) in [6.45, 7) is 0. The molecule has 0 amide bonds. The number of allylic oxidation sites excluding steroid dienone is 1. The Kier molecular flexibility index (Phi) is 3.83. The van der Waals surface area contributed by atoms with Gasteiger partial charge in [0, 0.05) is 10.9 Å². The van der Waals surface area contributed by atoms with Crippen molar-refractivity contribution in [1.82, 2.24) is 4.98 Å². The lowest BCUT2D eigenvalue weighted by Gasteiger charge is -2.03. The highest BCUT2D eigenvalue weighted by Gasteiger charge is 2.22. The van der Waals surface area contributed by atoms with Crippen molar-refractivity contribution in [2.75, 3.05) is 0 Å². The van der Waals surface area contributed by atoms with Crippen LogP contribution in [0.2, 0.25) is 5.15 Å². The number of hydrogen-bond donors (Lipinski definition) is 0. The molecule has 1 aliphatic rings. The minimum Gasteiger partial charge on any atom is -0.294 e. The van der Waals surface area contributed by atoms with Crippen LogP contribution in [0.5, 0.6) is 0 Å². The first-order chi connectivity index (χ1) is 9.74. The third kappa shape index (κ3) is 2.75. The molecular weight excluding hydrogens is 270 g/mol. The molecule has 1 fully saturated rings. The zero-order chi connectivity index (χ0) is 13.9. The lowest BCUT2D eigenvalue weighted by atomic mass is 10.0. The molecule has 1 saturated carbocycles. The Labute approximate surface area is 123 Å². The van der Waals surface area contributed by atoms with E-state index < -0.39 is 0 Å². The van der Waals surface area contributed by atoms with Gasteiger partial charge in [-0.2, -0.15) is 0 Å². The number of carbonyl (C=O) groups is 1. The number of pyridine rings is 1. The van der Waals surface area contributed by atoms with E-state index in [1.807, 2.05) is 43.2 Å². The lowest BCUT2D eigenvalue weighted by Crippen LogP contribution is -2.05. The molecule has 1 aromatic heterocycles. The van der Waals surface area contributed by atoms with Gasteiger partial charge in [-0.3, -0.25) is 4.79 Å². The molecule has 0 aliphatic heterocycles. The first-order valence-corrected chi connectivity index (χ1v) is 6.61. The largest absolute Gasteiger partial charge is 0.294 e. The lowest BCUT2D eigenvalue weighted by molar-refractivity contribution is -0.112. The molecule has 5 radical (unpaired) electrons. The molecular formula is C17H11ClNO. The molecule has 1 heterocycles. The highest BCUT2D eigenvalue weighted by molar-refractivity contribution is 6.31. The molecule has 0 atom stereocenters. The van der Waals surface area contributed by atoms with E-state index in [4.69, 9.17) is 11.6 Å². The van der Waals surface area contributed by atoms with Crippen molar-refractivity contribution in [2.45, 2.75) is 0 Å². The molecule has 3 heteroatoms. The van der Waals surface area contributed by atoms with Crippen molar-refractivity contribution >= 4 is 34.4 Å². The van der Waals surface area contributed by atoms with Gasteiger partial charge in [0.1, 0.15) is 5.15 Å². The Hall–Kier alpha value is -1.67. The van der Waals surface area contributed by atoms with E-state index in [9.17, 15) is 4.79 Å². The van der Waals surface area contributed by atoms with Crippen molar-refractivity contribution in [3.63, 3.8) is 0 Å². The Morgan fingerprint density at radius 2 is 1.90 bits per heavy atom. The van der Waals surface area contributed by atoms with Crippen LogP contribution >= 0.6 is 11.6 Å². The molecule has 1 aliphatic carbocycles. The van der Waals surface area contributed by atoms with Gasteiger partial charge < -0.3 is 0 Å². The standard InChI is InChI=1S/C17H11ClNO/c18-17-14(9-10-16(20)12-5-1-2-6-12)11-13-7-3-4-8-15(13)19-17/h1-11H/b10-9+. The van der Waals surface area contributed by atoms with Gasteiger partial charge in [-0.25, -0.2) is 4.98 Å². The quantitative estimate of drug-likeness (QED) is 0.631. The number of nitrogens with zero attached hydrogens (tertiary/aromatic N) is 1. The maximum absolute atomic E-state index is 11.9. The topological polar surface area (TPSA) is 30.0 Å². The fourth-order valence-electron chi connectivity index (χ4n) is 2.03. The Balaban J connectivity index is 1.86. The maximum Gasteiger partial charge on any atom is 0.163 e. The predicted octanol–water partition coefficient (Wildman–Crippen LogP) is 3.88. The average Bonchev–Trinajstić information content (AvgIpc) is 2.99. The van der Waals surface area contributed by atoms with Crippen LogP contribution in [0, 0.1) is 31.6 Å². The summed E-state index contributed by atoms with van der Waals surface area (Å²) >= 11 is 6.14. The fraction of sp³-hybridized carbons (Fsp3) is 0. The number of aromatic nitrogens is 1. The molecule has 0 unspecified atom stereocenters. The Morgan fingerprint density at radius 3 is 2.70 bits per heavy atom. The SMILES string of the molecule is O=C(/C=C/c1cc2ccccc2nc1Cl)[C]1[CH][CH][CH][CH]1. The average molecular weight is 281 g/mol. The predicted molar refractivity (Wildman–Crippen MR) is 81.2 cm³/mol. The van der Waals surface area contributed by atoms with Gasteiger partial charge in [0.2, 0.25) is 0 Å². The summed E-state index contributed by atoms with van der Waals surface area (Å²) in [6, 6.07) is 9.67. The highest BCUT2D eigenvalue weighted by Crippen LogP contribution is 2.25. The minimum atomic E-state index is -0.0424. The van der Waals surface area contributed by atoms with E-state index in [0.29, 0.717) is 11.1 Å². The monoisotopic (exact) mass is 280 g/mol. The molecule has 20 heavy (non-hydrogen) atoms. The molecule has 97 valence electrons. The van der Waals surface area contributed by atoms with Crippen molar-refractivity contribution in [1.29, 1.82) is 0 Å². The second-order valence-corrected chi connectivity index (χ2v) is 4.79. The van der Waals surface area contributed by atoms with E-state index in [1.54, 1.807) is 18.9 Å². The summed E-state index contributed by atoms with van der Waals surface area (Å²) in [4.78, 5) is 16.2. The highest BCUT2D eigenvalue weighted by atomic mass is 35.5. The molecule has 0 spiro atoms. The summed E-state index contributed by atoms with van der Waals surface area (Å²) in [5, 5.41) is 1.40. The molecule has 3 rings (SSSR count). The van der Waals surface area contributed by atoms with E-state index in [-0.39, 0.29) is 5.78 Å². The van der Waals surface area contributed by atoms with Crippen LogP contribution in [0.3, 0.4) is 0 Å². The van der Waals surface area contributed by atoms with Gasteiger partial charge in [0.15, 0.2) is 5.78 Å². The van der Waals surface area contributed by atoms with Crippen molar-refractivity contribution in [2.24, 2.45) is 0 Å². The third-order valence-corrected chi connectivity index (χ3v) is 3.37. The molecule has 1 aromatic carbocycles. The Morgan fingerprint density at radius 1 is 1.15 bits per heavy atom. The number of fused-ring (bicyclic) bond motifs is 1. The van der Waals surface area contributed by atoms with E-state index in [0.717, 1.165) is 16.5 Å². The summed E-state index contributed by atoms with van der Waals surface area (Å²) < 4.78 is 0. The summed E-state index contributed by atoms with van der Waals surface area (Å²) in [5.41, 5.74) is 1.59. The smallest absolute Gasteiger partial charge is 0.163 e. The maximum atomic E-state index is 11.9. The molecule has 2 nitrogen and oxygen atoms in total. The molecule has 0 bridgehead atoms. The number of ketones is 1. The van der Waals surface area contributed by atoms with Crippen molar-refractivity contribution < 1.29 is 4.79 Å². The molecule has 2 aromatic rings. The van der Waals surface area contributed by atoms with Crippen LogP contribution in [0.1, 0.15) is 5.56 Å². The minimum absolute atomic E-state index is 0.0424. The number of hydrogen-bond acceptors (Lipinski definition) is 2. The van der Waals surface area contributed by atoms with Gasteiger partial charge >= 0.3 is 0 Å². The first-order valence-electron chi connectivity index (χ1n) is 6.23.